The molecule has 1 saturated heterocycles. The normalized spacial score (nSPS) is 21.7. The van der Waals surface area contributed by atoms with Gasteiger partial charge in [-0.25, -0.2) is 23.7 Å². The number of fused-ring (bicyclic) bond motifs is 1. The maximum atomic E-state index is 15.3. The van der Waals surface area contributed by atoms with E-state index < -0.39 is 35.3 Å². The van der Waals surface area contributed by atoms with Gasteiger partial charge >= 0.3 is 0 Å². The number of benzene rings is 1. The van der Waals surface area contributed by atoms with Crippen LogP contribution in [-0.4, -0.2) is 48.9 Å². The summed E-state index contributed by atoms with van der Waals surface area (Å²) in [5.41, 5.74) is 1.79. The molecule has 4 aromatic rings. The molecule has 180 valence electrons. The number of hydrogen-bond donors (Lipinski definition) is 0. The molecule has 1 aliphatic carbocycles. The summed E-state index contributed by atoms with van der Waals surface area (Å²) >= 11 is 0. The molecule has 1 aliphatic heterocycles. The molecule has 2 unspecified atom stereocenters. The van der Waals surface area contributed by atoms with Crippen molar-refractivity contribution in [3.05, 3.63) is 59.1 Å². The summed E-state index contributed by atoms with van der Waals surface area (Å²) in [6, 6.07) is -2.27. The van der Waals surface area contributed by atoms with E-state index in [9.17, 15) is 4.39 Å². The summed E-state index contributed by atoms with van der Waals surface area (Å²) < 4.78 is 61.8. The summed E-state index contributed by atoms with van der Waals surface area (Å²) in [5.74, 6) is -2.47. The molecule has 3 aromatic heterocycles. The highest BCUT2D eigenvalue weighted by atomic mass is 19.1. The number of morpholine rings is 1. The van der Waals surface area contributed by atoms with E-state index in [-0.39, 0.29) is 35.0 Å². The number of rotatable bonds is 4. The van der Waals surface area contributed by atoms with Crippen LogP contribution in [-0.2, 0) is 4.74 Å². The molecule has 2 atom stereocenters. The van der Waals surface area contributed by atoms with Gasteiger partial charge in [0, 0.05) is 29.9 Å². The molecule has 0 bridgehead atoms. The van der Waals surface area contributed by atoms with E-state index in [4.69, 9.17) is 8.85 Å². The van der Waals surface area contributed by atoms with Gasteiger partial charge in [0.2, 0.25) is 5.95 Å². The van der Waals surface area contributed by atoms with Crippen molar-refractivity contribution in [3.8, 4) is 11.3 Å². The van der Waals surface area contributed by atoms with Crippen LogP contribution in [0, 0.1) is 25.5 Å². The molecule has 10 heteroatoms. The van der Waals surface area contributed by atoms with Gasteiger partial charge in [0.1, 0.15) is 28.9 Å². The smallest absolute Gasteiger partial charge is 0.228 e. The molecule has 0 spiro atoms. The summed E-state index contributed by atoms with van der Waals surface area (Å²) in [7, 11) is 0. The van der Waals surface area contributed by atoms with Crippen molar-refractivity contribution in [2.45, 2.75) is 51.9 Å². The highest BCUT2D eigenvalue weighted by Crippen LogP contribution is 2.36. The SMILES string of the molecule is [2H]c1c([2H])c(-c2nc(N3CC(C)OC(c4cnn(C5CC5)c4)C3)nc3nc(C)c(C)nc23)c(F)c([2H])c1F. The first-order valence-electron chi connectivity index (χ1n) is 13.0. The second kappa shape index (κ2) is 8.30. The van der Waals surface area contributed by atoms with Gasteiger partial charge in [-0.3, -0.25) is 4.68 Å². The van der Waals surface area contributed by atoms with Gasteiger partial charge in [0.15, 0.2) is 5.65 Å². The Morgan fingerprint density at radius 1 is 1.06 bits per heavy atom. The van der Waals surface area contributed by atoms with E-state index in [0.717, 1.165) is 18.4 Å². The van der Waals surface area contributed by atoms with Crippen molar-refractivity contribution in [3.63, 3.8) is 0 Å². The second-order valence-electron chi connectivity index (χ2n) is 9.14. The Morgan fingerprint density at radius 2 is 1.86 bits per heavy atom. The van der Waals surface area contributed by atoms with E-state index in [1.807, 2.05) is 22.7 Å². The fraction of sp³-hybridized carbons (Fsp3) is 0.400. The first-order chi connectivity index (χ1) is 18.1. The Labute approximate surface area is 205 Å². The van der Waals surface area contributed by atoms with Crippen LogP contribution < -0.4 is 4.90 Å². The minimum atomic E-state index is -1.40. The molecule has 0 N–H and O–H groups in total. The van der Waals surface area contributed by atoms with E-state index in [1.54, 1.807) is 20.0 Å². The zero-order chi connectivity index (χ0) is 26.9. The third kappa shape index (κ3) is 4.12. The Hall–Kier alpha value is -3.53. The van der Waals surface area contributed by atoms with Crippen LogP contribution in [0.1, 0.15) is 53.0 Å². The number of hydrogen-bond acceptors (Lipinski definition) is 7. The number of anilines is 1. The summed E-state index contributed by atoms with van der Waals surface area (Å²) in [4.78, 5) is 20.1. The summed E-state index contributed by atoms with van der Waals surface area (Å²) in [6.45, 7) is 6.25. The van der Waals surface area contributed by atoms with E-state index in [0.29, 0.717) is 30.5 Å². The standard InChI is InChI=1S/C25H25F2N7O/c1-13-10-33(12-21(35-13)16-9-28-34(11-16)18-5-6-18)25-31-22(19-7-4-17(26)8-20(19)27)23-24(32-25)30-15(3)14(2)29-23/h4,7-9,11,13,18,21H,5-6,10,12H2,1-3H3/i4D,7D,8D. The molecule has 2 aliphatic rings. The van der Waals surface area contributed by atoms with Crippen LogP contribution in [0.5, 0.6) is 0 Å². The van der Waals surface area contributed by atoms with Crippen molar-refractivity contribution in [1.82, 2.24) is 29.7 Å². The zero-order valence-electron chi connectivity index (χ0n) is 22.5. The first-order valence-corrected chi connectivity index (χ1v) is 11.5. The fourth-order valence-corrected chi connectivity index (χ4v) is 4.30. The molecule has 2 fully saturated rings. The third-order valence-electron chi connectivity index (χ3n) is 6.36. The fourth-order valence-electron chi connectivity index (χ4n) is 4.30. The quantitative estimate of drug-likeness (QED) is 0.426. The molecule has 0 amide bonds. The molecule has 1 saturated carbocycles. The average molecular weight is 481 g/mol. The number of nitrogens with zero attached hydrogens (tertiary/aromatic N) is 7. The van der Waals surface area contributed by atoms with Crippen molar-refractivity contribution in [2.75, 3.05) is 18.0 Å². The van der Waals surface area contributed by atoms with Gasteiger partial charge in [-0.2, -0.15) is 10.1 Å². The van der Waals surface area contributed by atoms with Crippen LogP contribution in [0.25, 0.3) is 22.4 Å². The van der Waals surface area contributed by atoms with E-state index in [2.05, 4.69) is 25.0 Å². The molecule has 6 rings (SSSR count). The van der Waals surface area contributed by atoms with Gasteiger partial charge in [0.05, 0.1) is 40.4 Å². The predicted octanol–water partition coefficient (Wildman–Crippen LogP) is 4.48. The lowest BCUT2D eigenvalue weighted by molar-refractivity contribution is -0.0178. The van der Waals surface area contributed by atoms with Crippen LogP contribution in [0.3, 0.4) is 0 Å². The predicted molar refractivity (Wildman–Crippen MR) is 126 cm³/mol. The highest BCUT2D eigenvalue weighted by Gasteiger charge is 2.32. The van der Waals surface area contributed by atoms with Gasteiger partial charge in [0.25, 0.3) is 0 Å². The van der Waals surface area contributed by atoms with Gasteiger partial charge in [-0.05, 0) is 45.7 Å². The summed E-state index contributed by atoms with van der Waals surface area (Å²) in [5, 5.41) is 4.47. The number of aromatic nitrogens is 6. The topological polar surface area (TPSA) is 81.9 Å². The average Bonchev–Trinajstić information content (AvgIpc) is 3.63. The monoisotopic (exact) mass is 480 g/mol. The van der Waals surface area contributed by atoms with Crippen LogP contribution in [0.2, 0.25) is 0 Å². The van der Waals surface area contributed by atoms with Crippen LogP contribution in [0.4, 0.5) is 14.7 Å². The lowest BCUT2D eigenvalue weighted by Gasteiger charge is -2.36. The minimum Gasteiger partial charge on any atom is -0.367 e. The third-order valence-corrected chi connectivity index (χ3v) is 6.36. The molecule has 0 radical (unpaired) electrons. The molecular weight excluding hydrogens is 452 g/mol. The second-order valence-corrected chi connectivity index (χ2v) is 9.14. The van der Waals surface area contributed by atoms with E-state index >= 15 is 4.39 Å². The lowest BCUT2D eigenvalue weighted by atomic mass is 10.1. The highest BCUT2D eigenvalue weighted by molar-refractivity contribution is 5.88. The Bertz CT molecular complexity index is 1560. The van der Waals surface area contributed by atoms with E-state index in [1.165, 1.54) is 0 Å². The molecule has 8 nitrogen and oxygen atoms in total. The minimum absolute atomic E-state index is 0.109. The van der Waals surface area contributed by atoms with Crippen LogP contribution in [0.15, 0.2) is 30.5 Å². The molecule has 4 heterocycles. The van der Waals surface area contributed by atoms with Crippen LogP contribution >= 0.6 is 0 Å². The number of halogens is 2. The van der Waals surface area contributed by atoms with Crippen molar-refractivity contribution < 1.29 is 17.6 Å². The van der Waals surface area contributed by atoms with Gasteiger partial charge < -0.3 is 9.64 Å². The summed E-state index contributed by atoms with van der Waals surface area (Å²) in [6.07, 6.45) is 5.51. The Morgan fingerprint density at radius 3 is 2.66 bits per heavy atom. The Balaban J connectivity index is 1.49. The van der Waals surface area contributed by atoms with Gasteiger partial charge in [-0.1, -0.05) is 0 Å². The maximum absolute atomic E-state index is 15.3. The largest absolute Gasteiger partial charge is 0.367 e. The first kappa shape index (κ1) is 18.8. The lowest BCUT2D eigenvalue weighted by Crippen LogP contribution is -2.43. The zero-order valence-corrected chi connectivity index (χ0v) is 19.5. The number of aryl methyl sites for hydroxylation is 2. The van der Waals surface area contributed by atoms with Crippen molar-refractivity contribution in [2.24, 2.45) is 0 Å². The Kier molecular flexibility index (Phi) is 4.45. The molecule has 35 heavy (non-hydrogen) atoms. The maximum Gasteiger partial charge on any atom is 0.228 e. The van der Waals surface area contributed by atoms with Gasteiger partial charge in [-0.15, -0.1) is 0 Å². The molecular formula is C25H25F2N7O. The number of ether oxygens (including phenoxy) is 1. The molecule has 1 aromatic carbocycles. The van der Waals surface area contributed by atoms with Crippen molar-refractivity contribution in [1.29, 1.82) is 0 Å². The van der Waals surface area contributed by atoms with Crippen molar-refractivity contribution >= 4 is 17.1 Å².